The maximum absolute atomic E-state index is 8.49. The Balaban J connectivity index is 3.35. The van der Waals surface area contributed by atoms with Crippen LogP contribution >= 0.6 is 39.1 Å². The predicted molar refractivity (Wildman–Crippen MR) is 48.9 cm³/mol. The molecule has 1 nitrogen and oxygen atoms in total. The summed E-state index contributed by atoms with van der Waals surface area (Å²) in [6.07, 6.45) is 0. The zero-order chi connectivity index (χ0) is 8.43. The van der Waals surface area contributed by atoms with Gasteiger partial charge >= 0.3 is 0 Å². The van der Waals surface area contributed by atoms with Crippen molar-refractivity contribution in [2.45, 2.75) is 0 Å². The highest BCUT2D eigenvalue weighted by molar-refractivity contribution is 9.10. The van der Waals surface area contributed by atoms with Crippen LogP contribution in [0.15, 0.2) is 16.6 Å². The number of hydrogen-bond acceptors (Lipinski definition) is 1. The van der Waals surface area contributed by atoms with E-state index in [9.17, 15) is 0 Å². The van der Waals surface area contributed by atoms with Crippen molar-refractivity contribution in [3.05, 3.63) is 32.2 Å². The van der Waals surface area contributed by atoms with E-state index in [0.717, 1.165) is 0 Å². The summed E-state index contributed by atoms with van der Waals surface area (Å²) in [6.45, 7) is 0. The molecule has 0 aliphatic rings. The highest BCUT2D eigenvalue weighted by atomic mass is 79.9. The Labute approximate surface area is 82.7 Å². The van der Waals surface area contributed by atoms with Gasteiger partial charge in [-0.15, -0.1) is 0 Å². The predicted octanol–water partition coefficient (Wildman–Crippen LogP) is 3.63. The van der Waals surface area contributed by atoms with Crippen molar-refractivity contribution in [3.63, 3.8) is 0 Å². The molecule has 0 saturated carbocycles. The molecule has 1 aromatic carbocycles. The van der Waals surface area contributed by atoms with Crippen LogP contribution in [-0.2, 0) is 0 Å². The third kappa shape index (κ3) is 1.87. The van der Waals surface area contributed by atoms with Gasteiger partial charge in [0.15, 0.2) is 0 Å². The molecule has 0 aliphatic heterocycles. The Morgan fingerprint density at radius 1 is 1.27 bits per heavy atom. The molecule has 0 amide bonds. The quantitative estimate of drug-likeness (QED) is 0.646. The monoisotopic (exact) mass is 249 g/mol. The van der Waals surface area contributed by atoms with Crippen LogP contribution in [0.5, 0.6) is 0 Å². The van der Waals surface area contributed by atoms with Crippen LogP contribution in [0.4, 0.5) is 0 Å². The summed E-state index contributed by atoms with van der Waals surface area (Å²) in [6, 6.07) is 5.05. The SMILES string of the molecule is N#Cc1cc(Cl)c(Br)c(Cl)c1. The minimum atomic E-state index is 0.453. The minimum absolute atomic E-state index is 0.453. The van der Waals surface area contributed by atoms with Crippen LogP contribution in [0, 0.1) is 11.3 Å². The Kier molecular flexibility index (Phi) is 2.78. The lowest BCUT2D eigenvalue weighted by Crippen LogP contribution is -1.77. The summed E-state index contributed by atoms with van der Waals surface area (Å²) in [5.74, 6) is 0. The van der Waals surface area contributed by atoms with Crippen LogP contribution in [0.1, 0.15) is 5.56 Å². The molecule has 0 heterocycles. The van der Waals surface area contributed by atoms with Crippen molar-refractivity contribution < 1.29 is 0 Å². The summed E-state index contributed by atoms with van der Waals surface area (Å²) in [5.41, 5.74) is 0.461. The molecule has 0 unspecified atom stereocenters. The summed E-state index contributed by atoms with van der Waals surface area (Å²) in [7, 11) is 0. The van der Waals surface area contributed by atoms with E-state index < -0.39 is 0 Å². The maximum atomic E-state index is 8.49. The normalized spacial score (nSPS) is 9.27. The smallest absolute Gasteiger partial charge is 0.0992 e. The average molecular weight is 251 g/mol. The van der Waals surface area contributed by atoms with Crippen LogP contribution in [0.3, 0.4) is 0 Å². The van der Waals surface area contributed by atoms with Crippen LogP contribution in [0.25, 0.3) is 0 Å². The number of hydrogen-bond donors (Lipinski definition) is 0. The fraction of sp³-hybridized carbons (Fsp3) is 0. The summed E-state index contributed by atoms with van der Waals surface area (Å²) in [5, 5.41) is 9.40. The van der Waals surface area contributed by atoms with E-state index in [2.05, 4.69) is 15.9 Å². The van der Waals surface area contributed by atoms with Crippen molar-refractivity contribution >= 4 is 39.1 Å². The Hall–Kier alpha value is -0.230. The van der Waals surface area contributed by atoms with Gasteiger partial charge in [0.2, 0.25) is 0 Å². The van der Waals surface area contributed by atoms with E-state index >= 15 is 0 Å². The summed E-state index contributed by atoms with van der Waals surface area (Å²) in [4.78, 5) is 0. The lowest BCUT2D eigenvalue weighted by molar-refractivity contribution is 1.48. The molecule has 0 radical (unpaired) electrons. The maximum Gasteiger partial charge on any atom is 0.0992 e. The average Bonchev–Trinajstić information content (AvgIpc) is 1.99. The topological polar surface area (TPSA) is 23.8 Å². The molecule has 0 N–H and O–H groups in total. The standard InChI is InChI=1S/C7H2BrCl2N/c8-7-5(9)1-4(3-11)2-6(7)10/h1-2H. The van der Waals surface area contributed by atoms with Gasteiger partial charge in [0.1, 0.15) is 0 Å². The molecule has 56 valence electrons. The first kappa shape index (κ1) is 8.86. The van der Waals surface area contributed by atoms with Crippen molar-refractivity contribution in [3.8, 4) is 6.07 Å². The van der Waals surface area contributed by atoms with Crippen molar-refractivity contribution in [1.82, 2.24) is 0 Å². The van der Waals surface area contributed by atoms with Crippen molar-refractivity contribution in [2.24, 2.45) is 0 Å². The van der Waals surface area contributed by atoms with Gasteiger partial charge in [0, 0.05) is 0 Å². The van der Waals surface area contributed by atoms with Crippen LogP contribution < -0.4 is 0 Å². The zero-order valence-electron chi connectivity index (χ0n) is 5.24. The lowest BCUT2D eigenvalue weighted by Gasteiger charge is -1.98. The molecule has 4 heteroatoms. The molecule has 1 rings (SSSR count). The van der Waals surface area contributed by atoms with Crippen LogP contribution in [-0.4, -0.2) is 0 Å². The second-order valence-corrected chi connectivity index (χ2v) is 3.47. The van der Waals surface area contributed by atoms with E-state index in [1.54, 1.807) is 12.1 Å². The number of benzene rings is 1. The molecule has 1 aromatic rings. The molecular weight excluding hydrogens is 249 g/mol. The molecule has 0 spiro atoms. The second-order valence-electron chi connectivity index (χ2n) is 1.87. The van der Waals surface area contributed by atoms with E-state index in [-0.39, 0.29) is 0 Å². The molecule has 0 fully saturated rings. The van der Waals surface area contributed by atoms with Crippen molar-refractivity contribution in [1.29, 1.82) is 5.26 Å². The van der Waals surface area contributed by atoms with Crippen molar-refractivity contribution in [2.75, 3.05) is 0 Å². The number of nitrogens with zero attached hydrogens (tertiary/aromatic N) is 1. The van der Waals surface area contributed by atoms with Gasteiger partial charge in [-0.3, -0.25) is 0 Å². The van der Waals surface area contributed by atoms with Gasteiger partial charge in [0.05, 0.1) is 26.2 Å². The minimum Gasteiger partial charge on any atom is -0.192 e. The highest BCUT2D eigenvalue weighted by Gasteiger charge is 2.03. The van der Waals surface area contributed by atoms with Gasteiger partial charge in [0.25, 0.3) is 0 Å². The molecule has 0 aliphatic carbocycles. The molecular formula is C7H2BrCl2N. The third-order valence-electron chi connectivity index (χ3n) is 1.11. The number of nitriles is 1. The largest absolute Gasteiger partial charge is 0.192 e. The fourth-order valence-corrected chi connectivity index (χ4v) is 1.34. The lowest BCUT2D eigenvalue weighted by atomic mass is 10.2. The van der Waals surface area contributed by atoms with E-state index in [4.69, 9.17) is 28.5 Å². The number of rotatable bonds is 0. The highest BCUT2D eigenvalue weighted by Crippen LogP contribution is 2.31. The summed E-state index contributed by atoms with van der Waals surface area (Å²) < 4.78 is 0.625. The zero-order valence-corrected chi connectivity index (χ0v) is 8.33. The first-order valence-corrected chi connectivity index (χ1v) is 4.24. The third-order valence-corrected chi connectivity index (χ3v) is 3.02. The summed E-state index contributed by atoms with van der Waals surface area (Å²) >= 11 is 14.6. The van der Waals surface area contributed by atoms with E-state index in [1.165, 1.54) is 0 Å². The van der Waals surface area contributed by atoms with Gasteiger partial charge in [-0.1, -0.05) is 23.2 Å². The molecule has 0 bridgehead atoms. The van der Waals surface area contributed by atoms with Gasteiger partial charge in [-0.25, -0.2) is 0 Å². The molecule has 0 saturated heterocycles. The van der Waals surface area contributed by atoms with Crippen LogP contribution in [0.2, 0.25) is 10.0 Å². The second kappa shape index (κ2) is 3.44. The Morgan fingerprint density at radius 2 is 1.73 bits per heavy atom. The first-order valence-electron chi connectivity index (χ1n) is 2.70. The van der Waals surface area contributed by atoms with Gasteiger partial charge in [-0.05, 0) is 28.1 Å². The number of halogens is 3. The molecule has 11 heavy (non-hydrogen) atoms. The first-order chi connectivity index (χ1) is 5.15. The Bertz CT molecular complexity index is 307. The van der Waals surface area contributed by atoms with Gasteiger partial charge < -0.3 is 0 Å². The molecule has 0 aromatic heterocycles. The van der Waals surface area contributed by atoms with E-state index in [1.807, 2.05) is 6.07 Å². The van der Waals surface area contributed by atoms with Gasteiger partial charge in [-0.2, -0.15) is 5.26 Å². The Morgan fingerprint density at radius 3 is 2.09 bits per heavy atom. The van der Waals surface area contributed by atoms with E-state index in [0.29, 0.717) is 20.1 Å². The fourth-order valence-electron chi connectivity index (χ4n) is 0.620. The molecule has 0 atom stereocenters.